The fourth-order valence-electron chi connectivity index (χ4n) is 5.73. The fourth-order valence-corrected chi connectivity index (χ4v) is 5.73. The van der Waals surface area contributed by atoms with Crippen LogP contribution in [-0.4, -0.2) is 35.5 Å². The van der Waals surface area contributed by atoms with E-state index in [9.17, 15) is 9.59 Å². The van der Waals surface area contributed by atoms with Crippen molar-refractivity contribution in [3.05, 3.63) is 59.7 Å². The van der Waals surface area contributed by atoms with E-state index in [4.69, 9.17) is 4.74 Å². The second kappa shape index (κ2) is 8.23. The maximum atomic E-state index is 13.1. The first-order valence-electron chi connectivity index (χ1n) is 11.2. The molecule has 1 amide bonds. The highest BCUT2D eigenvalue weighted by atomic mass is 16.6. The number of hydrogen-bond donors (Lipinski definition) is 0. The summed E-state index contributed by atoms with van der Waals surface area (Å²) in [5.41, 5.74) is 4.91. The molecule has 0 saturated carbocycles. The summed E-state index contributed by atoms with van der Waals surface area (Å²) in [7, 11) is 0. The lowest BCUT2D eigenvalue weighted by atomic mass is 9.86. The Hall–Kier alpha value is -3.06. The van der Waals surface area contributed by atoms with E-state index in [1.54, 1.807) is 6.92 Å². The summed E-state index contributed by atoms with van der Waals surface area (Å²) in [5.74, 6) is 6.01. The number of fused-ring (bicyclic) bond motifs is 5. The van der Waals surface area contributed by atoms with Gasteiger partial charge in [-0.05, 0) is 54.9 Å². The van der Waals surface area contributed by atoms with Gasteiger partial charge in [0.15, 0.2) is 0 Å². The minimum atomic E-state index is -0.228. The molecule has 3 aliphatic rings. The van der Waals surface area contributed by atoms with Crippen LogP contribution in [0.15, 0.2) is 48.5 Å². The smallest absolute Gasteiger partial charge is 0.410 e. The average molecular weight is 414 g/mol. The van der Waals surface area contributed by atoms with Crippen LogP contribution in [0.25, 0.3) is 11.1 Å². The summed E-state index contributed by atoms with van der Waals surface area (Å²) in [6, 6.07) is 17.0. The summed E-state index contributed by atoms with van der Waals surface area (Å²) >= 11 is 0. The number of amides is 1. The van der Waals surface area contributed by atoms with Gasteiger partial charge in [0.2, 0.25) is 0 Å². The number of benzene rings is 2. The molecule has 2 aromatic carbocycles. The molecule has 2 unspecified atom stereocenters. The quantitative estimate of drug-likeness (QED) is 0.651. The summed E-state index contributed by atoms with van der Waals surface area (Å²) < 4.78 is 5.90. The van der Waals surface area contributed by atoms with Gasteiger partial charge in [0, 0.05) is 23.9 Å². The van der Waals surface area contributed by atoms with Gasteiger partial charge >= 0.3 is 6.09 Å². The van der Waals surface area contributed by atoms with Gasteiger partial charge < -0.3 is 9.64 Å². The van der Waals surface area contributed by atoms with Gasteiger partial charge in [-0.25, -0.2) is 4.79 Å². The topological polar surface area (TPSA) is 46.6 Å². The number of piperidine rings is 1. The standard InChI is InChI=1S/C27H27NO3/c1-2-3-12-26(29)18-15-19-13-14-20(16-18)28(19)27(30)31-17-25-23-10-6-4-8-21(23)22-9-5-7-11-24(22)25/h4-11,18-20,25H,12-17H2,1H3. The first-order valence-corrected chi connectivity index (χ1v) is 11.2. The van der Waals surface area contributed by atoms with Crippen LogP contribution in [0.4, 0.5) is 4.79 Å². The number of hydrogen-bond acceptors (Lipinski definition) is 3. The van der Waals surface area contributed by atoms with Crippen molar-refractivity contribution in [1.82, 2.24) is 4.90 Å². The first kappa shape index (κ1) is 19.9. The van der Waals surface area contributed by atoms with Crippen LogP contribution in [-0.2, 0) is 9.53 Å². The van der Waals surface area contributed by atoms with Gasteiger partial charge in [0.25, 0.3) is 0 Å². The molecule has 0 N–H and O–H groups in total. The minimum Gasteiger partial charge on any atom is -0.448 e. The van der Waals surface area contributed by atoms with Gasteiger partial charge in [-0.1, -0.05) is 54.5 Å². The zero-order valence-corrected chi connectivity index (χ0v) is 17.8. The Morgan fingerprint density at radius 2 is 1.55 bits per heavy atom. The first-order chi connectivity index (χ1) is 15.2. The molecule has 2 saturated heterocycles. The summed E-state index contributed by atoms with van der Waals surface area (Å²) in [6.45, 7) is 2.11. The van der Waals surface area contributed by atoms with Crippen molar-refractivity contribution >= 4 is 11.9 Å². The van der Waals surface area contributed by atoms with Crippen molar-refractivity contribution in [2.45, 2.75) is 57.0 Å². The van der Waals surface area contributed by atoms with Gasteiger partial charge in [-0.2, -0.15) is 0 Å². The maximum Gasteiger partial charge on any atom is 0.410 e. The van der Waals surface area contributed by atoms with Gasteiger partial charge in [0.1, 0.15) is 12.4 Å². The average Bonchev–Trinajstić information content (AvgIpc) is 3.26. The van der Waals surface area contributed by atoms with Crippen LogP contribution in [0.2, 0.25) is 0 Å². The number of Topliss-reactive ketones (excluding diaryl/α,β-unsaturated/α-hetero) is 1. The largest absolute Gasteiger partial charge is 0.448 e. The third-order valence-corrected chi connectivity index (χ3v) is 7.17. The Morgan fingerprint density at radius 3 is 2.13 bits per heavy atom. The Bertz CT molecular complexity index is 1020. The van der Waals surface area contributed by atoms with E-state index in [1.807, 2.05) is 17.0 Å². The zero-order valence-electron chi connectivity index (χ0n) is 17.8. The van der Waals surface area contributed by atoms with E-state index in [2.05, 4.69) is 48.2 Å². The van der Waals surface area contributed by atoms with E-state index in [0.717, 1.165) is 25.7 Å². The monoisotopic (exact) mass is 413 g/mol. The lowest BCUT2D eigenvalue weighted by Gasteiger charge is -2.37. The van der Waals surface area contributed by atoms with E-state index in [0.29, 0.717) is 13.0 Å². The highest BCUT2D eigenvalue weighted by molar-refractivity contribution is 5.84. The highest BCUT2D eigenvalue weighted by Crippen LogP contribution is 2.45. The second-order valence-corrected chi connectivity index (χ2v) is 8.83. The van der Waals surface area contributed by atoms with Crippen LogP contribution in [0.1, 0.15) is 56.1 Å². The molecule has 5 rings (SSSR count). The van der Waals surface area contributed by atoms with Gasteiger partial charge in [0.05, 0.1) is 6.42 Å². The molecule has 4 nitrogen and oxygen atoms in total. The number of carbonyl (C=O) groups excluding carboxylic acids is 2. The van der Waals surface area contributed by atoms with Gasteiger partial charge in [-0.15, -0.1) is 5.92 Å². The third kappa shape index (κ3) is 3.53. The highest BCUT2D eigenvalue weighted by Gasteiger charge is 2.45. The number of carbonyl (C=O) groups is 2. The number of nitrogens with zero attached hydrogens (tertiary/aromatic N) is 1. The van der Waals surface area contributed by atoms with E-state index in [1.165, 1.54) is 22.3 Å². The van der Waals surface area contributed by atoms with Crippen LogP contribution < -0.4 is 0 Å². The van der Waals surface area contributed by atoms with Crippen molar-refractivity contribution in [2.24, 2.45) is 5.92 Å². The molecular formula is C27H27NO3. The lowest BCUT2D eigenvalue weighted by Crippen LogP contribution is -2.48. The molecular weight excluding hydrogens is 386 g/mol. The van der Waals surface area contributed by atoms with E-state index >= 15 is 0 Å². The molecule has 2 atom stereocenters. The van der Waals surface area contributed by atoms with Crippen molar-refractivity contribution in [3.63, 3.8) is 0 Å². The maximum absolute atomic E-state index is 13.1. The lowest BCUT2D eigenvalue weighted by molar-refractivity contribution is -0.124. The number of ether oxygens (including phenoxy) is 1. The summed E-state index contributed by atoms with van der Waals surface area (Å²) in [5, 5.41) is 0. The molecule has 1 aliphatic carbocycles. The molecule has 2 aromatic rings. The van der Waals surface area contributed by atoms with Crippen molar-refractivity contribution in [3.8, 4) is 23.0 Å². The van der Waals surface area contributed by atoms with Crippen LogP contribution in [0, 0.1) is 17.8 Å². The third-order valence-electron chi connectivity index (χ3n) is 7.17. The minimum absolute atomic E-state index is 0.0241. The molecule has 31 heavy (non-hydrogen) atoms. The Morgan fingerprint density at radius 1 is 0.968 bits per heavy atom. The SMILES string of the molecule is CC#CCC(=O)C1CC2CCC(C1)N2C(=O)OCC1c2ccccc2-c2ccccc21. The molecule has 158 valence electrons. The Balaban J connectivity index is 1.27. The predicted molar refractivity (Wildman–Crippen MR) is 120 cm³/mol. The predicted octanol–water partition coefficient (Wildman–Crippen LogP) is 5.16. The van der Waals surface area contributed by atoms with Crippen LogP contribution >= 0.6 is 0 Å². The molecule has 0 radical (unpaired) electrons. The molecule has 2 fully saturated rings. The summed E-state index contributed by atoms with van der Waals surface area (Å²) in [6.07, 6.45) is 3.49. The van der Waals surface area contributed by atoms with Crippen molar-refractivity contribution < 1.29 is 14.3 Å². The molecule has 4 heteroatoms. The summed E-state index contributed by atoms with van der Waals surface area (Å²) in [4.78, 5) is 27.5. The Labute approximate surface area is 183 Å². The van der Waals surface area contributed by atoms with Crippen LogP contribution in [0.3, 0.4) is 0 Å². The van der Waals surface area contributed by atoms with Crippen molar-refractivity contribution in [2.75, 3.05) is 6.61 Å². The second-order valence-electron chi connectivity index (χ2n) is 8.83. The van der Waals surface area contributed by atoms with E-state index in [-0.39, 0.29) is 35.8 Å². The van der Waals surface area contributed by atoms with Gasteiger partial charge in [-0.3, -0.25) is 4.79 Å². The van der Waals surface area contributed by atoms with E-state index < -0.39 is 0 Å². The zero-order chi connectivity index (χ0) is 21.4. The fraction of sp³-hybridized carbons (Fsp3) is 0.407. The number of ketones is 1. The molecule has 0 aromatic heterocycles. The molecule has 2 bridgehead atoms. The van der Waals surface area contributed by atoms with Crippen molar-refractivity contribution in [1.29, 1.82) is 0 Å². The molecule has 2 aliphatic heterocycles. The van der Waals surface area contributed by atoms with Crippen LogP contribution in [0.5, 0.6) is 0 Å². The normalized spacial score (nSPS) is 23.5. The molecule has 0 spiro atoms. The Kier molecular flexibility index (Phi) is 5.28. The number of rotatable bonds is 4. The molecule has 2 heterocycles.